The van der Waals surface area contributed by atoms with E-state index in [1.807, 2.05) is 18.2 Å². The Balaban J connectivity index is 2.16. The highest BCUT2D eigenvalue weighted by molar-refractivity contribution is 6.30. The predicted molar refractivity (Wildman–Crippen MR) is 85.3 cm³/mol. The second-order valence-corrected chi connectivity index (χ2v) is 6.70. The van der Waals surface area contributed by atoms with E-state index in [2.05, 4.69) is 25.1 Å². The van der Waals surface area contributed by atoms with Crippen LogP contribution in [0.25, 0.3) is 0 Å². The summed E-state index contributed by atoms with van der Waals surface area (Å²) in [6.07, 6.45) is 7.52. The van der Waals surface area contributed by atoms with Crippen molar-refractivity contribution in [2.45, 2.75) is 56.6 Å². The van der Waals surface area contributed by atoms with Gasteiger partial charge in [0, 0.05) is 17.0 Å². The molecule has 0 aromatic heterocycles. The van der Waals surface area contributed by atoms with Gasteiger partial charge in [0.1, 0.15) is 0 Å². The van der Waals surface area contributed by atoms with E-state index in [1.54, 1.807) is 0 Å². The third-order valence-corrected chi connectivity index (χ3v) is 5.03. The van der Waals surface area contributed by atoms with Gasteiger partial charge in [-0.05, 0) is 44.6 Å². The predicted octanol–water partition coefficient (Wildman–Crippen LogP) is 3.90. The van der Waals surface area contributed by atoms with Gasteiger partial charge in [-0.1, -0.05) is 49.4 Å². The van der Waals surface area contributed by atoms with Gasteiger partial charge < -0.3 is 10.0 Å². The Labute approximate surface area is 127 Å². The van der Waals surface area contributed by atoms with Gasteiger partial charge in [0.2, 0.25) is 0 Å². The number of halogens is 1. The van der Waals surface area contributed by atoms with Crippen LogP contribution in [0.15, 0.2) is 24.3 Å². The third-order valence-electron chi connectivity index (χ3n) is 4.80. The van der Waals surface area contributed by atoms with Crippen LogP contribution in [0.2, 0.25) is 5.02 Å². The minimum absolute atomic E-state index is 0.0845. The first-order chi connectivity index (χ1) is 9.54. The largest absolute Gasteiger partial charge is 0.391 e. The number of hydrogen-bond donors (Lipinski definition) is 1. The average molecular weight is 296 g/mol. The van der Waals surface area contributed by atoms with E-state index in [-0.39, 0.29) is 11.6 Å². The van der Waals surface area contributed by atoms with Crippen molar-refractivity contribution >= 4 is 11.6 Å². The van der Waals surface area contributed by atoms with Crippen LogP contribution < -0.4 is 0 Å². The molecule has 0 aliphatic heterocycles. The summed E-state index contributed by atoms with van der Waals surface area (Å²) in [7, 11) is 4.21. The van der Waals surface area contributed by atoms with Crippen molar-refractivity contribution < 1.29 is 5.11 Å². The number of likely N-dealkylation sites (N-methyl/N-ethyl adjacent to an activating group) is 1. The average Bonchev–Trinajstić information content (AvgIpc) is 2.65. The zero-order chi connectivity index (χ0) is 14.6. The highest BCUT2D eigenvalue weighted by atomic mass is 35.5. The summed E-state index contributed by atoms with van der Waals surface area (Å²) in [6.45, 7) is 0. The first-order valence-corrected chi connectivity index (χ1v) is 8.02. The minimum Gasteiger partial charge on any atom is -0.391 e. The van der Waals surface area contributed by atoms with Gasteiger partial charge in [-0.25, -0.2) is 0 Å². The van der Waals surface area contributed by atoms with Crippen molar-refractivity contribution in [3.05, 3.63) is 34.9 Å². The van der Waals surface area contributed by atoms with Crippen LogP contribution in [0.5, 0.6) is 0 Å². The van der Waals surface area contributed by atoms with Crippen LogP contribution in [0, 0.1) is 0 Å². The topological polar surface area (TPSA) is 23.5 Å². The smallest absolute Gasteiger partial charge is 0.0763 e. The molecule has 2 rings (SSSR count). The molecule has 1 aliphatic rings. The standard InChI is InChI=1S/C17H26ClNO/c1-19(2)17(10-5-3-4-6-11-17)16(20)13-14-8-7-9-15(18)12-14/h7-9,12,16,20H,3-6,10-11,13H2,1-2H3. The SMILES string of the molecule is CN(C)C1(C(O)Cc2cccc(Cl)c2)CCCCCC1. The lowest BCUT2D eigenvalue weighted by Crippen LogP contribution is -2.54. The van der Waals surface area contributed by atoms with Gasteiger partial charge in [0.05, 0.1) is 6.10 Å². The van der Waals surface area contributed by atoms with Crippen molar-refractivity contribution in [3.63, 3.8) is 0 Å². The lowest BCUT2D eigenvalue weighted by Gasteiger charge is -2.43. The number of benzene rings is 1. The molecule has 0 radical (unpaired) electrons. The lowest BCUT2D eigenvalue weighted by molar-refractivity contribution is -0.0174. The molecule has 1 aliphatic carbocycles. The summed E-state index contributed by atoms with van der Waals surface area (Å²) in [6, 6.07) is 7.85. The van der Waals surface area contributed by atoms with Crippen molar-refractivity contribution in [3.8, 4) is 0 Å². The fourth-order valence-electron chi connectivity index (χ4n) is 3.50. The Morgan fingerprint density at radius 1 is 1.20 bits per heavy atom. The monoisotopic (exact) mass is 295 g/mol. The quantitative estimate of drug-likeness (QED) is 0.852. The minimum atomic E-state index is -0.339. The number of nitrogens with zero attached hydrogens (tertiary/aromatic N) is 1. The molecule has 1 atom stereocenters. The third kappa shape index (κ3) is 3.55. The molecule has 3 heteroatoms. The molecule has 0 saturated heterocycles. The van der Waals surface area contributed by atoms with E-state index in [4.69, 9.17) is 11.6 Å². The molecule has 1 aromatic rings. The summed E-state index contributed by atoms with van der Waals surface area (Å²) < 4.78 is 0. The molecule has 1 fully saturated rings. The molecule has 112 valence electrons. The van der Waals surface area contributed by atoms with Gasteiger partial charge >= 0.3 is 0 Å². The first kappa shape index (κ1) is 15.8. The number of aliphatic hydroxyl groups is 1. The van der Waals surface area contributed by atoms with E-state index >= 15 is 0 Å². The van der Waals surface area contributed by atoms with Gasteiger partial charge in [0.15, 0.2) is 0 Å². The molecule has 20 heavy (non-hydrogen) atoms. The maximum Gasteiger partial charge on any atom is 0.0763 e. The molecule has 0 amide bonds. The van der Waals surface area contributed by atoms with Crippen LogP contribution >= 0.6 is 11.6 Å². The fourth-order valence-corrected chi connectivity index (χ4v) is 3.71. The van der Waals surface area contributed by atoms with Gasteiger partial charge in [-0.2, -0.15) is 0 Å². The van der Waals surface area contributed by atoms with Crippen molar-refractivity contribution in [1.29, 1.82) is 0 Å². The van der Waals surface area contributed by atoms with Crippen molar-refractivity contribution in [2.75, 3.05) is 14.1 Å². The van der Waals surface area contributed by atoms with Crippen LogP contribution in [0.3, 0.4) is 0 Å². The van der Waals surface area contributed by atoms with Crippen LogP contribution in [-0.2, 0) is 6.42 Å². The Hall–Kier alpha value is -0.570. The van der Waals surface area contributed by atoms with E-state index < -0.39 is 0 Å². The van der Waals surface area contributed by atoms with Crippen LogP contribution in [-0.4, -0.2) is 35.7 Å². The lowest BCUT2D eigenvalue weighted by atomic mass is 9.80. The molecule has 2 nitrogen and oxygen atoms in total. The molecule has 1 N–H and O–H groups in total. The van der Waals surface area contributed by atoms with Gasteiger partial charge in [-0.3, -0.25) is 0 Å². The highest BCUT2D eigenvalue weighted by Crippen LogP contribution is 2.35. The second kappa shape index (κ2) is 6.93. The molecule has 1 aromatic carbocycles. The first-order valence-electron chi connectivity index (χ1n) is 7.64. The fraction of sp³-hybridized carbons (Fsp3) is 0.647. The Morgan fingerprint density at radius 3 is 2.40 bits per heavy atom. The maximum absolute atomic E-state index is 10.9. The number of rotatable bonds is 4. The zero-order valence-electron chi connectivity index (χ0n) is 12.6. The normalized spacial score (nSPS) is 20.6. The molecular formula is C17H26ClNO. The molecule has 1 saturated carbocycles. The van der Waals surface area contributed by atoms with Crippen molar-refractivity contribution in [2.24, 2.45) is 0 Å². The Kier molecular flexibility index (Phi) is 5.48. The van der Waals surface area contributed by atoms with Crippen molar-refractivity contribution in [1.82, 2.24) is 4.90 Å². The molecule has 0 bridgehead atoms. The summed E-state index contributed by atoms with van der Waals surface area (Å²) in [5, 5.41) is 11.6. The molecule has 0 spiro atoms. The molecule has 0 heterocycles. The number of aliphatic hydroxyl groups excluding tert-OH is 1. The van der Waals surface area contributed by atoms with Crippen LogP contribution in [0.4, 0.5) is 0 Å². The summed E-state index contributed by atoms with van der Waals surface area (Å²) in [5.41, 5.74) is 1.04. The van der Waals surface area contributed by atoms with Gasteiger partial charge in [-0.15, -0.1) is 0 Å². The summed E-state index contributed by atoms with van der Waals surface area (Å²) in [5.74, 6) is 0. The van der Waals surface area contributed by atoms with E-state index in [1.165, 1.54) is 25.7 Å². The van der Waals surface area contributed by atoms with E-state index in [0.717, 1.165) is 23.4 Å². The Bertz CT molecular complexity index is 425. The summed E-state index contributed by atoms with van der Waals surface area (Å²) in [4.78, 5) is 2.24. The molecular weight excluding hydrogens is 270 g/mol. The second-order valence-electron chi connectivity index (χ2n) is 6.26. The highest BCUT2D eigenvalue weighted by Gasteiger charge is 2.39. The van der Waals surface area contributed by atoms with E-state index in [9.17, 15) is 5.11 Å². The Morgan fingerprint density at radius 2 is 1.85 bits per heavy atom. The summed E-state index contributed by atoms with van der Waals surface area (Å²) >= 11 is 6.05. The van der Waals surface area contributed by atoms with Gasteiger partial charge in [0.25, 0.3) is 0 Å². The zero-order valence-corrected chi connectivity index (χ0v) is 13.4. The number of hydrogen-bond acceptors (Lipinski definition) is 2. The molecule has 1 unspecified atom stereocenters. The maximum atomic E-state index is 10.9. The van der Waals surface area contributed by atoms with Crippen LogP contribution in [0.1, 0.15) is 44.1 Å². The van der Waals surface area contributed by atoms with E-state index in [0.29, 0.717) is 6.42 Å².